The molecule has 1 aromatic carbocycles. The summed E-state index contributed by atoms with van der Waals surface area (Å²) in [4.78, 5) is 12.5. The summed E-state index contributed by atoms with van der Waals surface area (Å²) in [6.07, 6.45) is 0.854. The lowest BCUT2D eigenvalue weighted by Gasteiger charge is -2.15. The lowest BCUT2D eigenvalue weighted by molar-refractivity contribution is 0.0934. The number of carbonyl (C=O) groups excluding carboxylic acids is 1. The average molecular weight is 367 g/mol. The van der Waals surface area contributed by atoms with Gasteiger partial charge in [0.2, 0.25) is 0 Å². The molecule has 27 heavy (non-hydrogen) atoms. The topological polar surface area (TPSA) is 89.4 Å². The molecule has 0 radical (unpaired) electrons. The second kappa shape index (κ2) is 7.19. The summed E-state index contributed by atoms with van der Waals surface area (Å²) in [5, 5.41) is 9.88. The molecule has 3 aromatic rings. The molecule has 0 spiro atoms. The molecular weight excluding hydrogens is 346 g/mol. The van der Waals surface area contributed by atoms with Crippen molar-refractivity contribution in [3.05, 3.63) is 53.4 Å². The van der Waals surface area contributed by atoms with E-state index in [0.29, 0.717) is 36.1 Å². The molecule has 4 rings (SSSR count). The molecule has 0 fully saturated rings. The second-order valence-corrected chi connectivity index (χ2v) is 6.53. The van der Waals surface area contributed by atoms with Gasteiger partial charge in [0, 0.05) is 12.5 Å². The van der Waals surface area contributed by atoms with E-state index >= 15 is 0 Å². The lowest BCUT2D eigenvalue weighted by atomic mass is 10.1. The number of carbonyl (C=O) groups is 1. The number of aromatic amines is 1. The highest BCUT2D eigenvalue weighted by Gasteiger charge is 2.18. The maximum Gasteiger partial charge on any atom is 0.272 e. The third kappa shape index (κ3) is 3.67. The minimum atomic E-state index is -0.264. The molecule has 7 heteroatoms. The summed E-state index contributed by atoms with van der Waals surface area (Å²) in [5.41, 5.74) is 1.90. The van der Waals surface area contributed by atoms with Gasteiger partial charge in [0.25, 0.3) is 5.91 Å². The summed E-state index contributed by atoms with van der Waals surface area (Å²) < 4.78 is 16.9. The zero-order valence-electron chi connectivity index (χ0n) is 15.2. The van der Waals surface area contributed by atoms with E-state index in [0.717, 1.165) is 23.5 Å². The number of aromatic nitrogens is 2. The molecular formula is C20H21N3O4. The fourth-order valence-electron chi connectivity index (χ4n) is 2.95. The van der Waals surface area contributed by atoms with Gasteiger partial charge in [-0.25, -0.2) is 0 Å². The van der Waals surface area contributed by atoms with Crippen molar-refractivity contribution in [3.8, 4) is 23.0 Å². The van der Waals surface area contributed by atoms with Crippen molar-refractivity contribution in [1.29, 1.82) is 0 Å². The normalized spacial score (nSPS) is 14.4. The Morgan fingerprint density at radius 3 is 2.74 bits per heavy atom. The number of nitrogens with one attached hydrogen (secondary N) is 2. The van der Waals surface area contributed by atoms with Crippen LogP contribution in [0.1, 0.15) is 41.2 Å². The molecule has 0 unspecified atom stereocenters. The van der Waals surface area contributed by atoms with Gasteiger partial charge in [-0.1, -0.05) is 6.07 Å². The van der Waals surface area contributed by atoms with Crippen molar-refractivity contribution in [2.75, 3.05) is 13.2 Å². The highest BCUT2D eigenvalue weighted by Crippen LogP contribution is 2.32. The molecule has 140 valence electrons. The van der Waals surface area contributed by atoms with Gasteiger partial charge in [0.15, 0.2) is 23.0 Å². The number of furan rings is 1. The fourth-order valence-corrected chi connectivity index (χ4v) is 2.95. The third-order valence-electron chi connectivity index (χ3n) is 4.44. The van der Waals surface area contributed by atoms with Gasteiger partial charge in [0.1, 0.15) is 11.5 Å². The molecule has 1 atom stereocenters. The van der Waals surface area contributed by atoms with Crippen molar-refractivity contribution >= 4 is 5.91 Å². The molecule has 3 heterocycles. The number of nitrogens with zero attached hydrogens (tertiary/aromatic N) is 1. The van der Waals surface area contributed by atoms with Gasteiger partial charge >= 0.3 is 0 Å². The first-order valence-corrected chi connectivity index (χ1v) is 8.93. The highest BCUT2D eigenvalue weighted by molar-refractivity contribution is 5.93. The van der Waals surface area contributed by atoms with Crippen LogP contribution in [0.2, 0.25) is 0 Å². The minimum absolute atomic E-state index is 0.208. The van der Waals surface area contributed by atoms with E-state index in [2.05, 4.69) is 15.5 Å². The number of hydrogen-bond acceptors (Lipinski definition) is 5. The summed E-state index contributed by atoms with van der Waals surface area (Å²) >= 11 is 0. The maximum atomic E-state index is 12.5. The largest absolute Gasteiger partial charge is 0.490 e. The number of hydrogen-bond donors (Lipinski definition) is 2. The smallest absolute Gasteiger partial charge is 0.272 e. The zero-order chi connectivity index (χ0) is 18.8. The first-order chi connectivity index (χ1) is 13.1. The molecule has 1 amide bonds. The number of benzene rings is 1. The Hall–Kier alpha value is -3.22. The maximum absolute atomic E-state index is 12.5. The third-order valence-corrected chi connectivity index (χ3v) is 4.44. The predicted octanol–water partition coefficient (Wildman–Crippen LogP) is 3.63. The first kappa shape index (κ1) is 17.2. The molecule has 0 saturated heterocycles. The molecule has 0 saturated carbocycles. The SMILES string of the molecule is Cc1ccc(-c2cc(C(=O)N[C@@H](C)c3ccc4c(c3)OCCCO4)n[nH]2)o1. The monoisotopic (exact) mass is 367 g/mol. The number of ether oxygens (including phenoxy) is 2. The summed E-state index contributed by atoms with van der Waals surface area (Å²) in [6.45, 7) is 5.06. The van der Waals surface area contributed by atoms with Crippen LogP contribution in [0.5, 0.6) is 11.5 Å². The van der Waals surface area contributed by atoms with Crippen LogP contribution in [0.15, 0.2) is 40.8 Å². The second-order valence-electron chi connectivity index (χ2n) is 6.53. The van der Waals surface area contributed by atoms with Crippen LogP contribution >= 0.6 is 0 Å². The van der Waals surface area contributed by atoms with Gasteiger partial charge in [-0.15, -0.1) is 0 Å². The van der Waals surface area contributed by atoms with Crippen LogP contribution in [0, 0.1) is 6.92 Å². The lowest BCUT2D eigenvalue weighted by Crippen LogP contribution is -2.27. The van der Waals surface area contributed by atoms with Crippen molar-refractivity contribution in [1.82, 2.24) is 15.5 Å². The summed E-state index contributed by atoms with van der Waals surface area (Å²) in [7, 11) is 0. The molecule has 2 N–H and O–H groups in total. The molecule has 0 aliphatic carbocycles. The predicted molar refractivity (Wildman–Crippen MR) is 99.0 cm³/mol. The van der Waals surface area contributed by atoms with E-state index in [9.17, 15) is 4.79 Å². The number of aryl methyl sites for hydroxylation is 1. The van der Waals surface area contributed by atoms with Crippen LogP contribution in [-0.2, 0) is 0 Å². The minimum Gasteiger partial charge on any atom is -0.490 e. The van der Waals surface area contributed by atoms with Crippen LogP contribution < -0.4 is 14.8 Å². The molecule has 1 aliphatic rings. The molecule has 7 nitrogen and oxygen atoms in total. The number of fused-ring (bicyclic) bond motifs is 1. The van der Waals surface area contributed by atoms with Crippen LogP contribution in [-0.4, -0.2) is 29.3 Å². The van der Waals surface area contributed by atoms with Gasteiger partial charge in [-0.05, 0) is 43.7 Å². The Balaban J connectivity index is 1.46. The van der Waals surface area contributed by atoms with Gasteiger partial charge in [-0.3, -0.25) is 9.89 Å². The Labute approximate surface area is 156 Å². The van der Waals surface area contributed by atoms with Crippen molar-refractivity contribution < 1.29 is 18.7 Å². The van der Waals surface area contributed by atoms with Crippen molar-refractivity contribution in [3.63, 3.8) is 0 Å². The quantitative estimate of drug-likeness (QED) is 0.735. The summed E-state index contributed by atoms with van der Waals surface area (Å²) in [6, 6.07) is 10.9. The number of amides is 1. The van der Waals surface area contributed by atoms with Crippen LogP contribution in [0.4, 0.5) is 0 Å². The highest BCUT2D eigenvalue weighted by atomic mass is 16.5. The van der Waals surface area contributed by atoms with Crippen LogP contribution in [0.3, 0.4) is 0 Å². The van der Waals surface area contributed by atoms with E-state index in [-0.39, 0.29) is 11.9 Å². The number of rotatable bonds is 4. The van der Waals surface area contributed by atoms with Crippen molar-refractivity contribution in [2.45, 2.75) is 26.3 Å². The van der Waals surface area contributed by atoms with E-state index in [1.807, 2.05) is 44.2 Å². The van der Waals surface area contributed by atoms with E-state index < -0.39 is 0 Å². The standard InChI is InChI=1S/C20H21N3O4/c1-12-4-6-17(27-12)15-11-16(23-22-15)20(24)21-13(2)14-5-7-18-19(10-14)26-9-3-8-25-18/h4-7,10-11,13H,3,8-9H2,1-2H3,(H,21,24)(H,22,23)/t13-/m0/s1. The van der Waals surface area contributed by atoms with Crippen LogP contribution in [0.25, 0.3) is 11.5 Å². The summed E-state index contributed by atoms with van der Waals surface area (Å²) in [5.74, 6) is 2.63. The Morgan fingerprint density at radius 2 is 1.96 bits per heavy atom. The Kier molecular flexibility index (Phi) is 4.58. The fraction of sp³-hybridized carbons (Fsp3) is 0.300. The van der Waals surface area contributed by atoms with Gasteiger partial charge in [-0.2, -0.15) is 5.10 Å². The van der Waals surface area contributed by atoms with Crippen molar-refractivity contribution in [2.24, 2.45) is 0 Å². The molecule has 0 bridgehead atoms. The Bertz CT molecular complexity index is 960. The van der Waals surface area contributed by atoms with Gasteiger partial charge < -0.3 is 19.2 Å². The van der Waals surface area contributed by atoms with E-state index in [1.54, 1.807) is 6.07 Å². The van der Waals surface area contributed by atoms with E-state index in [4.69, 9.17) is 13.9 Å². The first-order valence-electron chi connectivity index (χ1n) is 8.93. The number of H-pyrrole nitrogens is 1. The molecule has 1 aliphatic heterocycles. The van der Waals surface area contributed by atoms with E-state index in [1.165, 1.54) is 0 Å². The van der Waals surface area contributed by atoms with Gasteiger partial charge in [0.05, 0.1) is 19.3 Å². The average Bonchev–Trinajstić information content (AvgIpc) is 3.25. The Morgan fingerprint density at radius 1 is 1.15 bits per heavy atom. The zero-order valence-corrected chi connectivity index (χ0v) is 15.2. The molecule has 2 aromatic heterocycles.